The summed E-state index contributed by atoms with van der Waals surface area (Å²) in [6.07, 6.45) is 0.588. The lowest BCUT2D eigenvalue weighted by Gasteiger charge is -2.13. The smallest absolute Gasteiger partial charge is 0.387 e. The third-order valence-electron chi connectivity index (χ3n) is 5.05. The standard InChI is InChI=1S/C24H18F7O2/c1-2-3-12-4-6-14(16(25)8-12)21-20(32)11-17(26)15(22(21)29)7-5-13-9-18(27)23(19(28)10-13)33-24(30)31/h4,6,8-11,24H,2-3,5,7H2,1H3. The maximum Gasteiger partial charge on any atom is 0.387 e. The lowest BCUT2D eigenvalue weighted by Crippen LogP contribution is -2.07. The largest absolute Gasteiger partial charge is 0.429 e. The number of rotatable bonds is 8. The van der Waals surface area contributed by atoms with Gasteiger partial charge in [0, 0.05) is 17.2 Å². The predicted octanol–water partition coefficient (Wildman–Crippen LogP) is 7.53. The summed E-state index contributed by atoms with van der Waals surface area (Å²) in [4.78, 5) is 0. The fourth-order valence-electron chi connectivity index (χ4n) is 3.55. The van der Waals surface area contributed by atoms with Crippen LogP contribution in [0.3, 0.4) is 0 Å². The average molecular weight is 471 g/mol. The van der Waals surface area contributed by atoms with Gasteiger partial charge in [0.15, 0.2) is 23.1 Å². The maximum atomic E-state index is 15.1. The molecule has 0 N–H and O–H groups in total. The lowest BCUT2D eigenvalue weighted by atomic mass is 9.95. The van der Waals surface area contributed by atoms with Crippen molar-refractivity contribution in [2.75, 3.05) is 0 Å². The van der Waals surface area contributed by atoms with Crippen LogP contribution in [0.5, 0.6) is 11.5 Å². The quantitative estimate of drug-likeness (QED) is 0.312. The average Bonchev–Trinajstić information content (AvgIpc) is 2.72. The Bertz CT molecular complexity index is 1140. The maximum absolute atomic E-state index is 15.1. The summed E-state index contributed by atoms with van der Waals surface area (Å²) in [6.45, 7) is -1.55. The SMILES string of the molecule is CCCc1ccc(-c2c([O])cc(F)c(CCc3cc(F)c(OC(F)F)c(F)c3)c2F)c(F)c1. The van der Waals surface area contributed by atoms with Gasteiger partial charge in [-0.2, -0.15) is 8.78 Å². The molecule has 0 heterocycles. The zero-order valence-electron chi connectivity index (χ0n) is 17.3. The van der Waals surface area contributed by atoms with Crippen LogP contribution in [-0.4, -0.2) is 6.61 Å². The third kappa shape index (κ3) is 5.40. The zero-order valence-corrected chi connectivity index (χ0v) is 17.3. The normalized spacial score (nSPS) is 11.3. The van der Waals surface area contributed by atoms with Crippen molar-refractivity contribution < 1.29 is 40.6 Å². The molecule has 0 atom stereocenters. The van der Waals surface area contributed by atoms with E-state index in [4.69, 9.17) is 0 Å². The van der Waals surface area contributed by atoms with E-state index in [1.54, 1.807) is 6.07 Å². The fourth-order valence-corrected chi connectivity index (χ4v) is 3.55. The van der Waals surface area contributed by atoms with E-state index in [9.17, 15) is 31.4 Å². The Hall–Kier alpha value is -3.23. The summed E-state index contributed by atoms with van der Waals surface area (Å²) in [7, 11) is 0. The Morgan fingerprint density at radius 2 is 1.42 bits per heavy atom. The molecule has 0 fully saturated rings. The number of ether oxygens (including phenoxy) is 1. The van der Waals surface area contributed by atoms with Gasteiger partial charge in [-0.05, 0) is 48.6 Å². The molecule has 0 spiro atoms. The summed E-state index contributed by atoms with van der Waals surface area (Å²) in [5, 5.41) is 12.2. The topological polar surface area (TPSA) is 29.1 Å². The molecule has 0 aliphatic rings. The highest BCUT2D eigenvalue weighted by Gasteiger charge is 2.24. The highest BCUT2D eigenvalue weighted by molar-refractivity contribution is 5.72. The molecular weight excluding hydrogens is 453 g/mol. The fraction of sp³-hybridized carbons (Fsp3) is 0.250. The first-order valence-electron chi connectivity index (χ1n) is 10.0. The van der Waals surface area contributed by atoms with E-state index in [1.807, 2.05) is 6.92 Å². The molecule has 0 saturated heterocycles. The predicted molar refractivity (Wildman–Crippen MR) is 106 cm³/mol. The zero-order chi connectivity index (χ0) is 24.3. The summed E-state index contributed by atoms with van der Waals surface area (Å²) in [6, 6.07) is 5.88. The van der Waals surface area contributed by atoms with Crippen LogP contribution in [0.15, 0.2) is 36.4 Å². The number of hydrogen-bond acceptors (Lipinski definition) is 1. The van der Waals surface area contributed by atoms with Gasteiger partial charge in [0.2, 0.25) is 0 Å². The Kier molecular flexibility index (Phi) is 7.50. The number of benzene rings is 3. The van der Waals surface area contributed by atoms with Gasteiger partial charge in [-0.15, -0.1) is 0 Å². The van der Waals surface area contributed by atoms with Gasteiger partial charge < -0.3 is 4.74 Å². The first-order valence-corrected chi connectivity index (χ1v) is 10.0. The van der Waals surface area contributed by atoms with Crippen LogP contribution in [0, 0.1) is 29.1 Å². The first-order chi connectivity index (χ1) is 15.6. The Labute approximate surface area is 185 Å². The van der Waals surface area contributed by atoms with Crippen LogP contribution < -0.4 is 4.74 Å². The minimum Gasteiger partial charge on any atom is -0.429 e. The Morgan fingerprint density at radius 3 is 2.00 bits per heavy atom. The van der Waals surface area contributed by atoms with Gasteiger partial charge in [0.05, 0.1) is 5.56 Å². The molecule has 175 valence electrons. The molecule has 1 radical (unpaired) electrons. The van der Waals surface area contributed by atoms with Crippen molar-refractivity contribution in [2.45, 2.75) is 39.2 Å². The summed E-state index contributed by atoms with van der Waals surface area (Å²) >= 11 is 0. The van der Waals surface area contributed by atoms with Gasteiger partial charge in [-0.1, -0.05) is 25.5 Å². The molecule has 0 aliphatic carbocycles. The van der Waals surface area contributed by atoms with E-state index in [-0.39, 0.29) is 17.5 Å². The van der Waals surface area contributed by atoms with E-state index in [2.05, 4.69) is 4.74 Å². The summed E-state index contributed by atoms with van der Waals surface area (Å²) in [5.74, 6) is -8.45. The molecule has 0 amide bonds. The van der Waals surface area contributed by atoms with Crippen molar-refractivity contribution in [2.24, 2.45) is 0 Å². The molecule has 0 aromatic heterocycles. The first kappa shape index (κ1) is 24.4. The van der Waals surface area contributed by atoms with E-state index in [0.29, 0.717) is 30.2 Å². The van der Waals surface area contributed by atoms with Crippen molar-refractivity contribution in [1.29, 1.82) is 0 Å². The monoisotopic (exact) mass is 471 g/mol. The van der Waals surface area contributed by atoms with Crippen molar-refractivity contribution >= 4 is 0 Å². The van der Waals surface area contributed by atoms with Crippen molar-refractivity contribution in [3.8, 4) is 22.6 Å². The van der Waals surface area contributed by atoms with Crippen LogP contribution in [-0.2, 0) is 24.4 Å². The second-order valence-electron chi connectivity index (χ2n) is 7.36. The van der Waals surface area contributed by atoms with Gasteiger partial charge in [0.1, 0.15) is 17.5 Å². The molecule has 0 aliphatic heterocycles. The number of alkyl halides is 2. The molecule has 0 unspecified atom stereocenters. The van der Waals surface area contributed by atoms with Crippen LogP contribution in [0.4, 0.5) is 30.7 Å². The highest BCUT2D eigenvalue weighted by Crippen LogP contribution is 2.38. The number of aryl methyl sites for hydroxylation is 2. The van der Waals surface area contributed by atoms with Crippen LogP contribution in [0.1, 0.15) is 30.0 Å². The van der Waals surface area contributed by atoms with E-state index < -0.39 is 64.7 Å². The molecule has 2 nitrogen and oxygen atoms in total. The minimum absolute atomic E-state index is 0.0896. The van der Waals surface area contributed by atoms with Crippen LogP contribution in [0.2, 0.25) is 0 Å². The van der Waals surface area contributed by atoms with Gasteiger partial charge >= 0.3 is 6.61 Å². The molecule has 0 bridgehead atoms. The Morgan fingerprint density at radius 1 is 0.788 bits per heavy atom. The van der Waals surface area contributed by atoms with Crippen molar-refractivity contribution in [3.63, 3.8) is 0 Å². The van der Waals surface area contributed by atoms with E-state index in [1.165, 1.54) is 12.1 Å². The molecule has 0 saturated carbocycles. The van der Waals surface area contributed by atoms with Crippen LogP contribution in [0.25, 0.3) is 11.1 Å². The molecule has 3 aromatic carbocycles. The molecular formula is C24H18F7O2. The second-order valence-corrected chi connectivity index (χ2v) is 7.36. The van der Waals surface area contributed by atoms with Crippen LogP contribution >= 0.6 is 0 Å². The molecule has 3 aromatic rings. The summed E-state index contributed by atoms with van der Waals surface area (Å²) in [5.41, 5.74) is -0.991. The summed E-state index contributed by atoms with van der Waals surface area (Å²) < 4.78 is 100. The van der Waals surface area contributed by atoms with Gasteiger partial charge in [-0.3, -0.25) is 5.11 Å². The van der Waals surface area contributed by atoms with Gasteiger partial charge in [-0.25, -0.2) is 22.0 Å². The lowest BCUT2D eigenvalue weighted by molar-refractivity contribution is -0.0546. The number of hydrogen-bond donors (Lipinski definition) is 0. The van der Waals surface area contributed by atoms with Gasteiger partial charge in [0.25, 0.3) is 0 Å². The second kappa shape index (κ2) is 10.1. The molecule has 9 heteroatoms. The van der Waals surface area contributed by atoms with Crippen molar-refractivity contribution in [1.82, 2.24) is 0 Å². The third-order valence-corrected chi connectivity index (χ3v) is 5.05. The van der Waals surface area contributed by atoms with Crippen molar-refractivity contribution in [3.05, 3.63) is 82.2 Å². The van der Waals surface area contributed by atoms with E-state index in [0.717, 1.165) is 6.42 Å². The highest BCUT2D eigenvalue weighted by atomic mass is 19.3. The van der Waals surface area contributed by atoms with E-state index >= 15 is 4.39 Å². The molecule has 3 rings (SSSR count). The Balaban J connectivity index is 1.93. The number of halogens is 7. The minimum atomic E-state index is -3.44. The molecule has 33 heavy (non-hydrogen) atoms.